The molecular weight excluding hydrogens is 292 g/mol. The van der Waals surface area contributed by atoms with Gasteiger partial charge in [0.05, 0.1) is 0 Å². The highest BCUT2D eigenvalue weighted by Crippen LogP contribution is 2.38. The third-order valence-electron chi connectivity index (χ3n) is 4.20. The Bertz CT molecular complexity index is 389. The molecule has 3 N–H and O–H groups in total. The molecule has 0 bridgehead atoms. The lowest BCUT2D eigenvalue weighted by Gasteiger charge is -2.35. The molecule has 0 atom stereocenters. The smallest absolute Gasteiger partial charge is 0.220 e. The Morgan fingerprint density at radius 3 is 2.70 bits per heavy atom. The second-order valence-electron chi connectivity index (χ2n) is 5.67. The highest BCUT2D eigenvalue weighted by molar-refractivity contribution is 7.07. The maximum absolute atomic E-state index is 12.0. The molecule has 20 heavy (non-hydrogen) atoms. The first-order valence-electron chi connectivity index (χ1n) is 7.22. The number of nitrogens with two attached hydrogens (primary N) is 1. The zero-order valence-electron chi connectivity index (χ0n) is 11.9. The maximum atomic E-state index is 12.0. The highest BCUT2D eigenvalue weighted by atomic mass is 35.5. The van der Waals surface area contributed by atoms with E-state index in [1.54, 1.807) is 11.3 Å². The normalized spacial score (nSPS) is 17.2. The summed E-state index contributed by atoms with van der Waals surface area (Å²) >= 11 is 1.70. The molecule has 3 nitrogen and oxygen atoms in total. The standard InChI is InChI=1S/C15H24N2OS.ClH/c16-12-15(6-2-1-3-7-15)10-14(18)17-8-4-13-5-9-19-11-13;/h5,9,11H,1-4,6-8,10,12,16H2,(H,17,18);1H. The summed E-state index contributed by atoms with van der Waals surface area (Å²) in [7, 11) is 0. The van der Waals surface area contributed by atoms with Crippen molar-refractivity contribution in [3.63, 3.8) is 0 Å². The van der Waals surface area contributed by atoms with E-state index in [0.29, 0.717) is 13.0 Å². The zero-order valence-corrected chi connectivity index (χ0v) is 13.5. The van der Waals surface area contributed by atoms with Gasteiger partial charge < -0.3 is 11.1 Å². The SMILES string of the molecule is Cl.NCC1(CC(=O)NCCc2ccsc2)CCCCC1. The van der Waals surface area contributed by atoms with Crippen molar-refractivity contribution in [3.8, 4) is 0 Å². The van der Waals surface area contributed by atoms with Crippen LogP contribution in [0.2, 0.25) is 0 Å². The Labute approximate surface area is 131 Å². The quantitative estimate of drug-likeness (QED) is 0.847. The van der Waals surface area contributed by atoms with Crippen molar-refractivity contribution < 1.29 is 4.79 Å². The molecular formula is C15H25ClN2OS. The zero-order chi connectivity index (χ0) is 13.6. The number of nitrogens with one attached hydrogen (secondary N) is 1. The Morgan fingerprint density at radius 2 is 2.10 bits per heavy atom. The van der Waals surface area contributed by atoms with Gasteiger partial charge in [-0.1, -0.05) is 19.3 Å². The van der Waals surface area contributed by atoms with Gasteiger partial charge in [-0.15, -0.1) is 12.4 Å². The third-order valence-corrected chi connectivity index (χ3v) is 4.93. The van der Waals surface area contributed by atoms with Gasteiger partial charge >= 0.3 is 0 Å². The van der Waals surface area contributed by atoms with Crippen LogP contribution in [0.15, 0.2) is 16.8 Å². The summed E-state index contributed by atoms with van der Waals surface area (Å²) in [6.07, 6.45) is 7.49. The fourth-order valence-electron chi connectivity index (χ4n) is 2.94. The molecule has 1 amide bonds. The van der Waals surface area contributed by atoms with Crippen LogP contribution in [0.4, 0.5) is 0 Å². The van der Waals surface area contributed by atoms with Gasteiger partial charge in [0.15, 0.2) is 0 Å². The third kappa shape index (κ3) is 5.08. The molecule has 114 valence electrons. The Balaban J connectivity index is 0.00000200. The number of halogens is 1. The van der Waals surface area contributed by atoms with Gasteiger partial charge in [0.25, 0.3) is 0 Å². The highest BCUT2D eigenvalue weighted by Gasteiger charge is 2.32. The van der Waals surface area contributed by atoms with Crippen molar-refractivity contribution >= 4 is 29.7 Å². The lowest BCUT2D eigenvalue weighted by atomic mass is 9.71. The van der Waals surface area contributed by atoms with Crippen LogP contribution in [0.1, 0.15) is 44.1 Å². The van der Waals surface area contributed by atoms with Gasteiger partial charge in [-0.05, 0) is 53.6 Å². The number of carbonyl (C=O) groups is 1. The molecule has 0 aliphatic heterocycles. The van der Waals surface area contributed by atoms with Crippen molar-refractivity contribution in [1.29, 1.82) is 0 Å². The summed E-state index contributed by atoms with van der Waals surface area (Å²) in [5.41, 5.74) is 7.29. The minimum atomic E-state index is 0. The summed E-state index contributed by atoms with van der Waals surface area (Å²) in [5.74, 6) is 0.169. The molecule has 0 saturated heterocycles. The van der Waals surface area contributed by atoms with Crippen molar-refractivity contribution in [2.75, 3.05) is 13.1 Å². The van der Waals surface area contributed by atoms with Crippen LogP contribution in [-0.4, -0.2) is 19.0 Å². The monoisotopic (exact) mass is 316 g/mol. The second-order valence-corrected chi connectivity index (χ2v) is 6.45. The average molecular weight is 317 g/mol. The second kappa shape index (κ2) is 8.65. The minimum absolute atomic E-state index is 0. The van der Waals surface area contributed by atoms with Gasteiger partial charge in [-0.3, -0.25) is 4.79 Å². The molecule has 1 aliphatic carbocycles. The predicted molar refractivity (Wildman–Crippen MR) is 87.5 cm³/mol. The van der Waals surface area contributed by atoms with E-state index in [9.17, 15) is 4.79 Å². The van der Waals surface area contributed by atoms with E-state index < -0.39 is 0 Å². The molecule has 1 fully saturated rings. The Morgan fingerprint density at radius 1 is 1.35 bits per heavy atom. The maximum Gasteiger partial charge on any atom is 0.220 e. The molecule has 1 aliphatic rings. The van der Waals surface area contributed by atoms with E-state index in [2.05, 4.69) is 22.1 Å². The van der Waals surface area contributed by atoms with Crippen LogP contribution in [0.5, 0.6) is 0 Å². The fraction of sp³-hybridized carbons (Fsp3) is 0.667. The fourth-order valence-corrected chi connectivity index (χ4v) is 3.64. The van der Waals surface area contributed by atoms with Crippen LogP contribution in [-0.2, 0) is 11.2 Å². The van der Waals surface area contributed by atoms with E-state index in [1.807, 2.05) is 0 Å². The molecule has 1 heterocycles. The predicted octanol–water partition coefficient (Wildman–Crippen LogP) is 3.13. The largest absolute Gasteiger partial charge is 0.356 e. The molecule has 0 unspecified atom stereocenters. The number of hydrogen-bond donors (Lipinski definition) is 2. The average Bonchev–Trinajstić information content (AvgIpc) is 2.93. The first-order valence-corrected chi connectivity index (χ1v) is 8.16. The van der Waals surface area contributed by atoms with E-state index in [0.717, 1.165) is 25.8 Å². The number of hydrogen-bond acceptors (Lipinski definition) is 3. The van der Waals surface area contributed by atoms with Crippen molar-refractivity contribution in [2.24, 2.45) is 11.1 Å². The van der Waals surface area contributed by atoms with E-state index >= 15 is 0 Å². The van der Waals surface area contributed by atoms with Gasteiger partial charge in [0.2, 0.25) is 5.91 Å². The van der Waals surface area contributed by atoms with Gasteiger partial charge in [-0.25, -0.2) is 0 Å². The summed E-state index contributed by atoms with van der Waals surface area (Å²) in [6, 6.07) is 2.11. The number of thiophene rings is 1. The first-order chi connectivity index (χ1) is 9.24. The number of rotatable bonds is 6. The molecule has 0 spiro atoms. The number of carbonyl (C=O) groups excluding carboxylic acids is 1. The minimum Gasteiger partial charge on any atom is -0.356 e. The van der Waals surface area contributed by atoms with Crippen LogP contribution in [0, 0.1) is 5.41 Å². The summed E-state index contributed by atoms with van der Waals surface area (Å²) in [6.45, 7) is 1.38. The van der Waals surface area contributed by atoms with Crippen molar-refractivity contribution in [3.05, 3.63) is 22.4 Å². The van der Waals surface area contributed by atoms with Gasteiger partial charge in [0, 0.05) is 13.0 Å². The molecule has 1 saturated carbocycles. The molecule has 5 heteroatoms. The van der Waals surface area contributed by atoms with Crippen molar-refractivity contribution in [2.45, 2.75) is 44.9 Å². The van der Waals surface area contributed by atoms with Crippen LogP contribution in [0.3, 0.4) is 0 Å². The topological polar surface area (TPSA) is 55.1 Å². The van der Waals surface area contributed by atoms with E-state index in [-0.39, 0.29) is 23.7 Å². The molecule has 1 aromatic rings. The van der Waals surface area contributed by atoms with Crippen LogP contribution in [0.25, 0.3) is 0 Å². The lowest BCUT2D eigenvalue weighted by molar-refractivity contribution is -0.123. The number of amides is 1. The summed E-state index contributed by atoms with van der Waals surface area (Å²) in [5, 5.41) is 7.24. The summed E-state index contributed by atoms with van der Waals surface area (Å²) in [4.78, 5) is 12.0. The van der Waals surface area contributed by atoms with Crippen molar-refractivity contribution in [1.82, 2.24) is 5.32 Å². The molecule has 2 rings (SSSR count). The van der Waals surface area contributed by atoms with E-state index in [4.69, 9.17) is 5.73 Å². The molecule has 1 aromatic heterocycles. The van der Waals surface area contributed by atoms with Crippen LogP contribution < -0.4 is 11.1 Å². The first kappa shape index (κ1) is 17.5. The summed E-state index contributed by atoms with van der Waals surface area (Å²) < 4.78 is 0. The molecule has 0 radical (unpaired) electrons. The van der Waals surface area contributed by atoms with Crippen LogP contribution >= 0.6 is 23.7 Å². The Kier molecular flexibility index (Phi) is 7.56. The van der Waals surface area contributed by atoms with E-state index in [1.165, 1.54) is 24.8 Å². The lowest BCUT2D eigenvalue weighted by Crippen LogP contribution is -2.39. The molecule has 0 aromatic carbocycles. The Hall–Kier alpha value is -0.580. The van der Waals surface area contributed by atoms with Gasteiger partial charge in [-0.2, -0.15) is 11.3 Å². The van der Waals surface area contributed by atoms with Gasteiger partial charge in [0.1, 0.15) is 0 Å².